The summed E-state index contributed by atoms with van der Waals surface area (Å²) in [5.41, 5.74) is 0.447. The Morgan fingerprint density at radius 3 is 2.88 bits per heavy atom. The summed E-state index contributed by atoms with van der Waals surface area (Å²) in [6.07, 6.45) is 1.58. The Labute approximate surface area is 98.2 Å². The van der Waals surface area contributed by atoms with E-state index in [0.29, 0.717) is 11.0 Å². The van der Waals surface area contributed by atoms with E-state index in [1.54, 1.807) is 25.3 Å². The van der Waals surface area contributed by atoms with E-state index in [1.165, 1.54) is 6.07 Å². The molecule has 2 aromatic heterocycles. The van der Waals surface area contributed by atoms with Gasteiger partial charge in [0.1, 0.15) is 10.0 Å². The van der Waals surface area contributed by atoms with Crippen molar-refractivity contribution in [3.05, 3.63) is 29.5 Å². The molecule has 16 heavy (non-hydrogen) atoms. The van der Waals surface area contributed by atoms with E-state index in [4.69, 9.17) is 11.6 Å². The topological polar surface area (TPSA) is 59.9 Å². The third-order valence-electron chi connectivity index (χ3n) is 2.23. The number of hydrogen-bond donors (Lipinski definition) is 0. The van der Waals surface area contributed by atoms with Gasteiger partial charge < -0.3 is 0 Å². The van der Waals surface area contributed by atoms with Gasteiger partial charge in [-0.25, -0.2) is 18.4 Å². The van der Waals surface area contributed by atoms with Gasteiger partial charge in [0, 0.05) is 11.6 Å². The highest BCUT2D eigenvalue weighted by Crippen LogP contribution is 2.24. The van der Waals surface area contributed by atoms with E-state index in [-0.39, 0.29) is 15.8 Å². The number of aromatic nitrogens is 2. The predicted molar refractivity (Wildman–Crippen MR) is 62.3 cm³/mol. The maximum atomic E-state index is 11.7. The predicted octanol–water partition coefficient (Wildman–Crippen LogP) is 2.08. The molecule has 0 amide bonds. The molecule has 0 aliphatic rings. The van der Waals surface area contributed by atoms with Crippen molar-refractivity contribution in [1.82, 2.24) is 9.97 Å². The number of halogens is 1. The van der Waals surface area contributed by atoms with Crippen LogP contribution in [0.4, 0.5) is 0 Å². The Balaban J connectivity index is 2.78. The number of fused-ring (bicyclic) bond motifs is 1. The Morgan fingerprint density at radius 1 is 1.44 bits per heavy atom. The molecule has 0 saturated carbocycles. The molecule has 0 spiro atoms. The van der Waals surface area contributed by atoms with Gasteiger partial charge in [0.15, 0.2) is 15.5 Å². The largest absolute Gasteiger partial charge is 0.237 e. The lowest BCUT2D eigenvalue weighted by atomic mass is 10.3. The van der Waals surface area contributed by atoms with Crippen LogP contribution >= 0.6 is 11.6 Å². The van der Waals surface area contributed by atoms with Gasteiger partial charge in [-0.1, -0.05) is 18.5 Å². The van der Waals surface area contributed by atoms with Crippen molar-refractivity contribution in [3.8, 4) is 0 Å². The van der Waals surface area contributed by atoms with Crippen LogP contribution in [0.2, 0.25) is 5.15 Å². The van der Waals surface area contributed by atoms with Crippen LogP contribution in [-0.4, -0.2) is 24.1 Å². The minimum absolute atomic E-state index is 0.000167. The summed E-state index contributed by atoms with van der Waals surface area (Å²) in [5.74, 6) is 0.000167. The maximum Gasteiger partial charge on any atom is 0.181 e. The van der Waals surface area contributed by atoms with E-state index in [1.807, 2.05) is 0 Å². The second-order valence-electron chi connectivity index (χ2n) is 3.23. The van der Waals surface area contributed by atoms with Crippen molar-refractivity contribution in [3.63, 3.8) is 0 Å². The monoisotopic (exact) mass is 256 g/mol. The lowest BCUT2D eigenvalue weighted by Gasteiger charge is -2.04. The van der Waals surface area contributed by atoms with Gasteiger partial charge in [-0.3, -0.25) is 0 Å². The zero-order chi connectivity index (χ0) is 11.8. The minimum atomic E-state index is -3.34. The molecule has 0 aromatic carbocycles. The molecular weight excluding hydrogens is 248 g/mol. The molecule has 2 heterocycles. The average Bonchev–Trinajstić information content (AvgIpc) is 2.28. The highest BCUT2D eigenvalue weighted by atomic mass is 35.5. The van der Waals surface area contributed by atoms with Crippen molar-refractivity contribution >= 4 is 32.5 Å². The molecule has 6 heteroatoms. The SMILES string of the molecule is CCS(=O)(=O)c1cc2cccnc2nc1Cl. The van der Waals surface area contributed by atoms with Crippen LogP contribution in [0.5, 0.6) is 0 Å². The van der Waals surface area contributed by atoms with Crippen LogP contribution in [0.25, 0.3) is 11.0 Å². The van der Waals surface area contributed by atoms with Crippen LogP contribution < -0.4 is 0 Å². The minimum Gasteiger partial charge on any atom is -0.237 e. The fourth-order valence-electron chi connectivity index (χ4n) is 1.34. The lowest BCUT2D eigenvalue weighted by Crippen LogP contribution is -2.05. The van der Waals surface area contributed by atoms with E-state index < -0.39 is 9.84 Å². The molecular formula is C10H9ClN2O2S. The first-order valence-corrected chi connectivity index (χ1v) is 6.71. The van der Waals surface area contributed by atoms with Crippen molar-refractivity contribution in [2.75, 3.05) is 5.75 Å². The molecule has 0 radical (unpaired) electrons. The van der Waals surface area contributed by atoms with E-state index in [0.717, 1.165) is 0 Å². The van der Waals surface area contributed by atoms with Crippen molar-refractivity contribution in [1.29, 1.82) is 0 Å². The van der Waals surface area contributed by atoms with Gasteiger partial charge in [-0.2, -0.15) is 0 Å². The zero-order valence-corrected chi connectivity index (χ0v) is 10.1. The van der Waals surface area contributed by atoms with Gasteiger partial charge in [0.05, 0.1) is 5.75 Å². The molecule has 0 bridgehead atoms. The van der Waals surface area contributed by atoms with Gasteiger partial charge in [0.2, 0.25) is 0 Å². The number of rotatable bonds is 2. The molecule has 84 valence electrons. The Kier molecular flexibility index (Phi) is 2.82. The van der Waals surface area contributed by atoms with Crippen molar-refractivity contribution in [2.24, 2.45) is 0 Å². The quantitative estimate of drug-likeness (QED) is 0.772. The molecule has 2 rings (SSSR count). The highest BCUT2D eigenvalue weighted by molar-refractivity contribution is 7.91. The number of sulfone groups is 1. The molecule has 0 N–H and O–H groups in total. The fourth-order valence-corrected chi connectivity index (χ4v) is 2.75. The molecule has 0 aliphatic heterocycles. The Bertz CT molecular complexity index is 640. The molecule has 0 saturated heterocycles. The first-order chi connectivity index (χ1) is 7.54. The Hall–Kier alpha value is -1.20. The smallest absolute Gasteiger partial charge is 0.181 e. The fraction of sp³-hybridized carbons (Fsp3) is 0.200. The number of nitrogens with zero attached hydrogens (tertiary/aromatic N) is 2. The van der Waals surface area contributed by atoms with E-state index in [9.17, 15) is 8.42 Å². The lowest BCUT2D eigenvalue weighted by molar-refractivity contribution is 0.597. The van der Waals surface area contributed by atoms with Gasteiger partial charge in [-0.05, 0) is 18.2 Å². The third-order valence-corrected chi connectivity index (χ3v) is 4.37. The first kappa shape index (κ1) is 11.3. The van der Waals surface area contributed by atoms with E-state index >= 15 is 0 Å². The summed E-state index contributed by atoms with van der Waals surface area (Å²) in [6.45, 7) is 1.57. The molecule has 2 aromatic rings. The van der Waals surface area contributed by atoms with Crippen LogP contribution in [-0.2, 0) is 9.84 Å². The standard InChI is InChI=1S/C10H9ClN2O2S/c1-2-16(14,15)8-6-7-4-3-5-12-10(7)13-9(8)11/h3-6H,2H2,1H3. The van der Waals surface area contributed by atoms with Crippen molar-refractivity contribution < 1.29 is 8.42 Å². The summed E-state index contributed by atoms with van der Waals surface area (Å²) in [7, 11) is -3.34. The van der Waals surface area contributed by atoms with Gasteiger partial charge in [-0.15, -0.1) is 0 Å². The normalized spacial score (nSPS) is 11.9. The summed E-state index contributed by atoms with van der Waals surface area (Å²) in [4.78, 5) is 8.03. The molecule has 0 fully saturated rings. The van der Waals surface area contributed by atoms with E-state index in [2.05, 4.69) is 9.97 Å². The second-order valence-corrected chi connectivity index (χ2v) is 5.84. The van der Waals surface area contributed by atoms with Crippen LogP contribution in [0.1, 0.15) is 6.92 Å². The number of hydrogen-bond acceptors (Lipinski definition) is 4. The zero-order valence-electron chi connectivity index (χ0n) is 8.51. The highest BCUT2D eigenvalue weighted by Gasteiger charge is 2.17. The summed E-state index contributed by atoms with van der Waals surface area (Å²) >= 11 is 5.84. The summed E-state index contributed by atoms with van der Waals surface area (Å²) < 4.78 is 23.4. The second kappa shape index (κ2) is 3.99. The molecule has 0 aliphatic carbocycles. The van der Waals surface area contributed by atoms with Crippen LogP contribution in [0, 0.1) is 0 Å². The van der Waals surface area contributed by atoms with Crippen LogP contribution in [0.15, 0.2) is 29.3 Å². The average molecular weight is 257 g/mol. The Morgan fingerprint density at radius 2 is 2.19 bits per heavy atom. The third kappa shape index (κ3) is 1.88. The summed E-state index contributed by atoms with van der Waals surface area (Å²) in [5, 5.41) is 0.645. The van der Waals surface area contributed by atoms with Crippen molar-refractivity contribution in [2.45, 2.75) is 11.8 Å². The van der Waals surface area contributed by atoms with Gasteiger partial charge in [0.25, 0.3) is 0 Å². The molecule has 0 unspecified atom stereocenters. The maximum absolute atomic E-state index is 11.7. The summed E-state index contributed by atoms with van der Waals surface area (Å²) in [6, 6.07) is 4.98. The van der Waals surface area contributed by atoms with Gasteiger partial charge >= 0.3 is 0 Å². The molecule has 0 atom stereocenters. The molecule has 4 nitrogen and oxygen atoms in total. The first-order valence-electron chi connectivity index (χ1n) is 4.68. The number of pyridine rings is 2. The van der Waals surface area contributed by atoms with Crippen LogP contribution in [0.3, 0.4) is 0 Å².